The molecule has 31 heavy (non-hydrogen) atoms. The molecule has 0 aliphatic rings. The lowest BCUT2D eigenvalue weighted by molar-refractivity contribution is 0.0997. The monoisotopic (exact) mass is 495 g/mol. The molecule has 0 saturated carbocycles. The predicted octanol–water partition coefficient (Wildman–Crippen LogP) is 6.82. The van der Waals surface area contributed by atoms with Crippen LogP contribution in [0.15, 0.2) is 75.9 Å². The fraction of sp³-hybridized carbons (Fsp3) is 0.167. The third-order valence-corrected chi connectivity index (χ3v) is 6.54. The molecule has 1 atom stereocenters. The van der Waals surface area contributed by atoms with E-state index in [-0.39, 0.29) is 17.7 Å². The number of amides is 1. The van der Waals surface area contributed by atoms with Gasteiger partial charge in [0.2, 0.25) is 0 Å². The summed E-state index contributed by atoms with van der Waals surface area (Å²) >= 11 is 5.16. The Morgan fingerprint density at radius 1 is 1.19 bits per heavy atom. The number of halogens is 1. The Morgan fingerprint density at radius 3 is 2.77 bits per heavy atom. The number of anilines is 2. The molecular formula is C24H22BrN3O2S. The van der Waals surface area contributed by atoms with Gasteiger partial charge in [0.1, 0.15) is 10.8 Å². The molecule has 5 nitrogen and oxygen atoms in total. The van der Waals surface area contributed by atoms with E-state index >= 15 is 0 Å². The van der Waals surface area contributed by atoms with E-state index in [0.29, 0.717) is 0 Å². The van der Waals surface area contributed by atoms with E-state index in [0.717, 1.165) is 38.4 Å². The van der Waals surface area contributed by atoms with Gasteiger partial charge in [-0.15, -0.1) is 11.3 Å². The molecule has 4 aromatic rings. The molecule has 0 radical (unpaired) electrons. The average molecular weight is 496 g/mol. The molecule has 4 rings (SSSR count). The molecule has 0 bridgehead atoms. The SMILES string of the molecule is CCc1cc([C@@H](Nc2cc(C)ccn2)c2cccc(Br)c2)c(NC(=O)c2ccco2)s1. The van der Waals surface area contributed by atoms with Crippen LogP contribution in [-0.4, -0.2) is 10.9 Å². The predicted molar refractivity (Wildman–Crippen MR) is 129 cm³/mol. The maximum atomic E-state index is 12.7. The van der Waals surface area contributed by atoms with Crippen molar-refractivity contribution in [3.8, 4) is 0 Å². The van der Waals surface area contributed by atoms with Gasteiger partial charge in [-0.1, -0.05) is 35.0 Å². The number of aryl methyl sites for hydroxylation is 2. The van der Waals surface area contributed by atoms with Gasteiger partial charge < -0.3 is 15.1 Å². The van der Waals surface area contributed by atoms with E-state index in [1.54, 1.807) is 29.7 Å². The van der Waals surface area contributed by atoms with Crippen molar-refractivity contribution in [1.29, 1.82) is 0 Å². The maximum Gasteiger partial charge on any atom is 0.291 e. The highest BCUT2D eigenvalue weighted by molar-refractivity contribution is 9.10. The molecule has 0 aliphatic heterocycles. The summed E-state index contributed by atoms with van der Waals surface area (Å²) in [6.45, 7) is 4.15. The van der Waals surface area contributed by atoms with Crippen molar-refractivity contribution in [2.75, 3.05) is 10.6 Å². The van der Waals surface area contributed by atoms with Crippen LogP contribution in [-0.2, 0) is 6.42 Å². The highest BCUT2D eigenvalue weighted by atomic mass is 79.9. The first kappa shape index (κ1) is 21.3. The summed E-state index contributed by atoms with van der Waals surface area (Å²) in [5.74, 6) is 0.791. The summed E-state index contributed by atoms with van der Waals surface area (Å²) in [5, 5.41) is 7.40. The zero-order chi connectivity index (χ0) is 21.8. The summed E-state index contributed by atoms with van der Waals surface area (Å²) in [6.07, 6.45) is 4.17. The van der Waals surface area contributed by atoms with Crippen molar-refractivity contribution in [2.24, 2.45) is 0 Å². The Morgan fingerprint density at radius 2 is 2.06 bits per heavy atom. The van der Waals surface area contributed by atoms with E-state index in [9.17, 15) is 4.79 Å². The van der Waals surface area contributed by atoms with Gasteiger partial charge in [0, 0.05) is 21.1 Å². The number of carbonyl (C=O) groups is 1. The second kappa shape index (κ2) is 9.49. The summed E-state index contributed by atoms with van der Waals surface area (Å²) < 4.78 is 6.26. The molecular weight excluding hydrogens is 474 g/mol. The molecule has 0 fully saturated rings. The van der Waals surface area contributed by atoms with Crippen LogP contribution in [0, 0.1) is 6.92 Å². The van der Waals surface area contributed by atoms with E-state index < -0.39 is 0 Å². The zero-order valence-electron chi connectivity index (χ0n) is 17.2. The molecule has 0 unspecified atom stereocenters. The Hall–Kier alpha value is -2.90. The lowest BCUT2D eigenvalue weighted by atomic mass is 9.99. The Bertz CT molecular complexity index is 1190. The molecule has 0 saturated heterocycles. The van der Waals surface area contributed by atoms with Gasteiger partial charge in [-0.3, -0.25) is 4.79 Å². The summed E-state index contributed by atoms with van der Waals surface area (Å²) in [6, 6.07) is 17.4. The minimum absolute atomic E-state index is 0.199. The zero-order valence-corrected chi connectivity index (χ0v) is 19.6. The van der Waals surface area contributed by atoms with Gasteiger partial charge in [-0.25, -0.2) is 4.98 Å². The first-order valence-electron chi connectivity index (χ1n) is 9.95. The number of nitrogens with zero attached hydrogens (tertiary/aromatic N) is 1. The molecule has 2 N–H and O–H groups in total. The molecule has 0 aliphatic carbocycles. The number of carbonyl (C=O) groups excluding carboxylic acids is 1. The van der Waals surface area contributed by atoms with Crippen LogP contribution in [0.5, 0.6) is 0 Å². The maximum absolute atomic E-state index is 12.7. The molecule has 158 valence electrons. The normalized spacial score (nSPS) is 11.8. The summed E-state index contributed by atoms with van der Waals surface area (Å²) in [4.78, 5) is 18.4. The number of aromatic nitrogens is 1. The van der Waals surface area contributed by atoms with E-state index in [1.807, 2.05) is 31.2 Å². The number of hydrogen-bond acceptors (Lipinski definition) is 5. The lowest BCUT2D eigenvalue weighted by Gasteiger charge is -2.21. The first-order valence-corrected chi connectivity index (χ1v) is 11.6. The average Bonchev–Trinajstić information content (AvgIpc) is 3.42. The van der Waals surface area contributed by atoms with Crippen molar-refractivity contribution in [3.05, 3.63) is 98.9 Å². The van der Waals surface area contributed by atoms with Crippen molar-refractivity contribution < 1.29 is 9.21 Å². The Labute approximate surface area is 193 Å². The number of thiophene rings is 1. The van der Waals surface area contributed by atoms with Crippen molar-refractivity contribution >= 4 is 44.0 Å². The van der Waals surface area contributed by atoms with E-state index in [1.165, 1.54) is 11.1 Å². The number of benzene rings is 1. The van der Waals surface area contributed by atoms with Gasteiger partial charge in [0.15, 0.2) is 5.76 Å². The highest BCUT2D eigenvalue weighted by Crippen LogP contribution is 2.38. The quantitative estimate of drug-likeness (QED) is 0.295. The van der Waals surface area contributed by atoms with Crippen LogP contribution in [0.2, 0.25) is 0 Å². The number of rotatable bonds is 7. The van der Waals surface area contributed by atoms with Gasteiger partial charge in [0.25, 0.3) is 5.91 Å². The van der Waals surface area contributed by atoms with Crippen LogP contribution in [0.4, 0.5) is 10.8 Å². The Kier molecular flexibility index (Phi) is 6.53. The van der Waals surface area contributed by atoms with Crippen LogP contribution < -0.4 is 10.6 Å². The minimum atomic E-state index is -0.266. The minimum Gasteiger partial charge on any atom is -0.459 e. The number of hydrogen-bond donors (Lipinski definition) is 2. The van der Waals surface area contributed by atoms with Crippen LogP contribution in [0.1, 0.15) is 45.1 Å². The largest absolute Gasteiger partial charge is 0.459 e. The Balaban J connectivity index is 1.76. The molecule has 3 aromatic heterocycles. The highest BCUT2D eigenvalue weighted by Gasteiger charge is 2.23. The van der Waals surface area contributed by atoms with Gasteiger partial charge >= 0.3 is 0 Å². The fourth-order valence-corrected chi connectivity index (χ4v) is 4.75. The molecule has 3 heterocycles. The van der Waals surface area contributed by atoms with E-state index in [2.05, 4.69) is 56.7 Å². The lowest BCUT2D eigenvalue weighted by Crippen LogP contribution is -2.17. The van der Waals surface area contributed by atoms with Gasteiger partial charge in [0.05, 0.1) is 12.3 Å². The van der Waals surface area contributed by atoms with Crippen LogP contribution >= 0.6 is 27.3 Å². The standard InChI is InChI=1S/C24H22BrN3O2S/c1-3-18-14-19(24(31-18)28-23(29)20-8-5-11-30-20)22(16-6-4-7-17(25)13-16)27-21-12-15(2)9-10-26-21/h4-14,22H,3H2,1-2H3,(H,26,27)(H,28,29)/t22-/m0/s1. The van der Waals surface area contributed by atoms with Gasteiger partial charge in [-0.2, -0.15) is 0 Å². The third-order valence-electron chi connectivity index (χ3n) is 4.83. The molecule has 0 spiro atoms. The van der Waals surface area contributed by atoms with Crippen molar-refractivity contribution in [3.63, 3.8) is 0 Å². The van der Waals surface area contributed by atoms with Gasteiger partial charge in [-0.05, 0) is 66.9 Å². The third kappa shape index (κ3) is 5.06. The second-order valence-electron chi connectivity index (χ2n) is 7.13. The second-order valence-corrected chi connectivity index (χ2v) is 9.19. The molecule has 1 amide bonds. The number of nitrogens with one attached hydrogen (secondary N) is 2. The van der Waals surface area contributed by atoms with Crippen molar-refractivity contribution in [2.45, 2.75) is 26.3 Å². The van der Waals surface area contributed by atoms with E-state index in [4.69, 9.17) is 4.42 Å². The van der Waals surface area contributed by atoms with Crippen LogP contribution in [0.3, 0.4) is 0 Å². The van der Waals surface area contributed by atoms with Crippen LogP contribution in [0.25, 0.3) is 0 Å². The van der Waals surface area contributed by atoms with Crippen molar-refractivity contribution in [1.82, 2.24) is 4.98 Å². The molecule has 1 aromatic carbocycles. The number of furan rings is 1. The fourth-order valence-electron chi connectivity index (χ4n) is 3.31. The summed E-state index contributed by atoms with van der Waals surface area (Å²) in [5.41, 5.74) is 3.17. The first-order chi connectivity index (χ1) is 15.0. The summed E-state index contributed by atoms with van der Waals surface area (Å²) in [7, 11) is 0. The smallest absolute Gasteiger partial charge is 0.291 e. The number of pyridine rings is 1. The molecule has 7 heteroatoms. The topological polar surface area (TPSA) is 67.2 Å².